The number of carboxylic acid groups (broad SMARTS) is 1. The van der Waals surface area contributed by atoms with Crippen LogP contribution in [0.1, 0.15) is 37.0 Å². The quantitative estimate of drug-likeness (QED) is 0.198. The van der Waals surface area contributed by atoms with Gasteiger partial charge in [0, 0.05) is 32.3 Å². The van der Waals surface area contributed by atoms with Crippen molar-refractivity contribution in [3.8, 4) is 21.0 Å². The summed E-state index contributed by atoms with van der Waals surface area (Å²) < 4.78 is 15.1. The van der Waals surface area contributed by atoms with E-state index in [4.69, 9.17) is 9.15 Å². The molecule has 2 aromatic carbocycles. The number of rotatable bonds is 7. The first-order valence-corrected chi connectivity index (χ1v) is 14.7. The van der Waals surface area contributed by atoms with Crippen molar-refractivity contribution in [1.82, 2.24) is 15.0 Å². The molecule has 1 unspecified atom stereocenters. The van der Waals surface area contributed by atoms with Crippen molar-refractivity contribution in [2.45, 2.75) is 31.3 Å². The lowest BCUT2D eigenvalue weighted by molar-refractivity contribution is -0.140. The minimum atomic E-state index is -0.806. The van der Waals surface area contributed by atoms with Crippen molar-refractivity contribution in [2.24, 2.45) is 7.05 Å². The first kappa shape index (κ1) is 25.5. The van der Waals surface area contributed by atoms with E-state index >= 15 is 0 Å². The minimum absolute atomic E-state index is 0.412. The van der Waals surface area contributed by atoms with Gasteiger partial charge in [-0.1, -0.05) is 47.7 Å². The molecule has 206 valence electrons. The Morgan fingerprint density at radius 1 is 1.07 bits per heavy atom. The third-order valence-electron chi connectivity index (χ3n) is 7.58. The first-order chi connectivity index (χ1) is 19.8. The zero-order valence-electron chi connectivity index (χ0n) is 22.1. The van der Waals surface area contributed by atoms with Crippen molar-refractivity contribution < 1.29 is 23.8 Å². The van der Waals surface area contributed by atoms with Crippen LogP contribution in [0.4, 0.5) is 10.6 Å². The number of thiophene rings is 2. The van der Waals surface area contributed by atoms with Crippen LogP contribution < -0.4 is 5.32 Å². The van der Waals surface area contributed by atoms with Gasteiger partial charge in [0.05, 0.1) is 16.6 Å². The minimum Gasteiger partial charge on any atom is -0.481 e. The molecule has 1 fully saturated rings. The van der Waals surface area contributed by atoms with Gasteiger partial charge in [0.25, 0.3) is 0 Å². The van der Waals surface area contributed by atoms with Gasteiger partial charge in [0.15, 0.2) is 5.82 Å². The summed E-state index contributed by atoms with van der Waals surface area (Å²) in [5.74, 6) is -0.336. The van der Waals surface area contributed by atoms with Crippen LogP contribution in [0.15, 0.2) is 71.3 Å². The Bertz CT molecular complexity index is 1920. The van der Waals surface area contributed by atoms with Crippen LogP contribution in [0, 0.1) is 0 Å². The van der Waals surface area contributed by atoms with E-state index in [9.17, 15) is 14.7 Å². The summed E-state index contributed by atoms with van der Waals surface area (Å²) in [7, 11) is 1.72. The molecule has 0 radical (unpaired) electrons. The number of aryl methyl sites for hydroxylation is 1. The number of hydrogen-bond acceptors (Lipinski definition) is 8. The molecule has 4 heterocycles. The molecule has 7 rings (SSSR count). The molecule has 1 amide bonds. The number of nitrogens with zero attached hydrogens (tertiary/aromatic N) is 3. The highest BCUT2D eigenvalue weighted by molar-refractivity contribution is 7.31. The number of ether oxygens (including phenoxy) is 1. The number of anilines is 1. The molecule has 0 saturated heterocycles. The Kier molecular flexibility index (Phi) is 5.95. The Morgan fingerprint density at radius 3 is 2.54 bits per heavy atom. The molecule has 1 atom stereocenters. The Labute approximate surface area is 242 Å². The average molecular weight is 585 g/mol. The van der Waals surface area contributed by atoms with E-state index < -0.39 is 23.6 Å². The molecule has 6 aromatic rings. The molecule has 0 spiro atoms. The fourth-order valence-electron chi connectivity index (χ4n) is 5.11. The number of fused-ring (bicyclic) bond motifs is 2. The summed E-state index contributed by atoms with van der Waals surface area (Å²) in [6.45, 7) is 1.82. The highest BCUT2D eigenvalue weighted by Crippen LogP contribution is 2.51. The molecule has 4 aromatic heterocycles. The van der Waals surface area contributed by atoms with E-state index in [1.165, 1.54) is 4.68 Å². The molecular formula is C30H24N4O5S2. The van der Waals surface area contributed by atoms with Crippen LogP contribution in [0.5, 0.6) is 0 Å². The van der Waals surface area contributed by atoms with Gasteiger partial charge in [-0.05, 0) is 49.1 Å². The normalized spacial score (nSPS) is 14.8. The number of carbonyl (C=O) groups excluding carboxylic acids is 1. The van der Waals surface area contributed by atoms with Crippen LogP contribution in [0.2, 0.25) is 0 Å². The molecule has 2 N–H and O–H groups in total. The zero-order chi connectivity index (χ0) is 28.3. The number of furan rings is 1. The second-order valence-electron chi connectivity index (χ2n) is 10.2. The second kappa shape index (κ2) is 9.57. The zero-order valence-corrected chi connectivity index (χ0v) is 23.7. The van der Waals surface area contributed by atoms with Crippen LogP contribution in [-0.4, -0.2) is 32.2 Å². The van der Waals surface area contributed by atoms with Crippen LogP contribution in [0.3, 0.4) is 0 Å². The average Bonchev–Trinajstić information content (AvgIpc) is 3.21. The van der Waals surface area contributed by atoms with Gasteiger partial charge < -0.3 is 14.3 Å². The van der Waals surface area contributed by atoms with Gasteiger partial charge in [-0.25, -0.2) is 9.48 Å². The SMILES string of the molecule is CC(OC(=O)Nc1c(-c2cc3sc(-c4ccc5c(C6(C(=O)O)CC6)coc5c4)cc3s2)nnn1C)c1ccccc1. The van der Waals surface area contributed by atoms with Crippen LogP contribution in [-0.2, 0) is 22.0 Å². The number of nitrogens with one attached hydrogen (secondary N) is 1. The van der Waals surface area contributed by atoms with E-state index in [2.05, 4.69) is 27.8 Å². The lowest BCUT2D eigenvalue weighted by atomic mass is 9.95. The number of hydrogen-bond donors (Lipinski definition) is 2. The number of carbonyl (C=O) groups is 2. The molecule has 0 bridgehead atoms. The second-order valence-corrected chi connectivity index (χ2v) is 12.4. The summed E-state index contributed by atoms with van der Waals surface area (Å²) in [5, 5.41) is 21.8. The standard InChI is InChI=1S/C30H24N4O5S2/c1-16(17-6-4-3-5-7-17)39-29(37)31-27-26(32-33-34(27)2)25-14-24-23(41-25)13-22(40-24)18-8-9-19-20(15-38-21(19)12-18)30(10-11-30)28(35)36/h3-9,12-16H,10-11H2,1-2H3,(H,31,37)(H,35,36). The van der Waals surface area contributed by atoms with Crippen LogP contribution in [0.25, 0.3) is 41.4 Å². The van der Waals surface area contributed by atoms with Crippen molar-refractivity contribution in [1.29, 1.82) is 0 Å². The predicted molar refractivity (Wildman–Crippen MR) is 158 cm³/mol. The highest BCUT2D eigenvalue weighted by atomic mass is 32.1. The molecule has 1 saturated carbocycles. The molecular weight excluding hydrogens is 560 g/mol. The maximum absolute atomic E-state index is 12.7. The van der Waals surface area contributed by atoms with E-state index in [1.54, 1.807) is 36.0 Å². The molecule has 41 heavy (non-hydrogen) atoms. The van der Waals surface area contributed by atoms with Gasteiger partial charge in [0.1, 0.15) is 17.4 Å². The number of aromatic nitrogens is 3. The fraction of sp³-hybridized carbons (Fsp3) is 0.200. The Balaban J connectivity index is 1.12. The van der Waals surface area contributed by atoms with E-state index in [0.29, 0.717) is 29.9 Å². The maximum atomic E-state index is 12.7. The molecule has 1 aliphatic carbocycles. The van der Waals surface area contributed by atoms with Crippen molar-refractivity contribution in [3.05, 3.63) is 78.1 Å². The predicted octanol–water partition coefficient (Wildman–Crippen LogP) is 7.60. The number of carboxylic acids is 1. The van der Waals surface area contributed by atoms with E-state index in [1.807, 2.05) is 55.5 Å². The highest BCUT2D eigenvalue weighted by Gasteiger charge is 2.53. The molecule has 1 aliphatic rings. The largest absolute Gasteiger partial charge is 0.481 e. The van der Waals surface area contributed by atoms with Crippen molar-refractivity contribution >= 4 is 60.9 Å². The Hall–Kier alpha value is -4.48. The van der Waals surface area contributed by atoms with Crippen molar-refractivity contribution in [3.63, 3.8) is 0 Å². The summed E-state index contributed by atoms with van der Waals surface area (Å²) in [4.78, 5) is 26.5. The monoisotopic (exact) mass is 584 g/mol. The smallest absolute Gasteiger partial charge is 0.413 e. The summed E-state index contributed by atoms with van der Waals surface area (Å²) in [6.07, 6.45) is 1.88. The van der Waals surface area contributed by atoms with Gasteiger partial charge in [-0.3, -0.25) is 10.1 Å². The number of amides is 1. The van der Waals surface area contributed by atoms with E-state index in [-0.39, 0.29) is 0 Å². The molecule has 11 heteroatoms. The lowest BCUT2D eigenvalue weighted by Crippen LogP contribution is -2.18. The van der Waals surface area contributed by atoms with Gasteiger partial charge in [0.2, 0.25) is 0 Å². The topological polar surface area (TPSA) is 119 Å². The third-order valence-corrected chi connectivity index (χ3v) is 9.92. The van der Waals surface area contributed by atoms with E-state index in [0.717, 1.165) is 41.2 Å². The Morgan fingerprint density at radius 2 is 1.80 bits per heavy atom. The lowest BCUT2D eigenvalue weighted by Gasteiger charge is -2.14. The molecule has 9 nitrogen and oxygen atoms in total. The van der Waals surface area contributed by atoms with Crippen LogP contribution >= 0.6 is 22.7 Å². The van der Waals surface area contributed by atoms with Gasteiger partial charge >= 0.3 is 12.1 Å². The third kappa shape index (κ3) is 4.37. The summed E-state index contributed by atoms with van der Waals surface area (Å²) >= 11 is 3.21. The summed E-state index contributed by atoms with van der Waals surface area (Å²) in [5.41, 5.74) is 3.12. The summed E-state index contributed by atoms with van der Waals surface area (Å²) in [6, 6.07) is 19.7. The fourth-order valence-corrected chi connectivity index (χ4v) is 7.49. The van der Waals surface area contributed by atoms with Gasteiger partial charge in [-0.2, -0.15) is 0 Å². The molecule has 0 aliphatic heterocycles. The van der Waals surface area contributed by atoms with Gasteiger partial charge in [-0.15, -0.1) is 27.8 Å². The first-order valence-electron chi connectivity index (χ1n) is 13.0. The number of aliphatic carboxylic acids is 1. The number of benzene rings is 2. The van der Waals surface area contributed by atoms with Crippen molar-refractivity contribution in [2.75, 3.05) is 5.32 Å². The maximum Gasteiger partial charge on any atom is 0.413 e.